The molecule has 3 aromatic carbocycles. The van der Waals surface area contributed by atoms with Gasteiger partial charge in [-0.3, -0.25) is 14.2 Å². The highest BCUT2D eigenvalue weighted by molar-refractivity contribution is 7.91. The van der Waals surface area contributed by atoms with E-state index in [9.17, 15) is 23.2 Å². The molecule has 8 rings (SSSR count). The molecule has 16 heteroatoms. The number of aromatic nitrogens is 3. The van der Waals surface area contributed by atoms with Gasteiger partial charge in [0, 0.05) is 29.6 Å². The molecule has 0 spiro atoms. The minimum absolute atomic E-state index is 0.0209. The minimum Gasteiger partial charge on any atom is -0.454 e. The number of hydrogen-bond acceptors (Lipinski definition) is 11. The number of H-pyrrole nitrogens is 1. The first-order chi connectivity index (χ1) is 23.8. The molecule has 0 saturated carbocycles. The van der Waals surface area contributed by atoms with Crippen LogP contribution in [0.15, 0.2) is 87.3 Å². The number of hydrogen-bond donors (Lipinski definition) is 1. The Kier molecular flexibility index (Phi) is 7.60. The van der Waals surface area contributed by atoms with Crippen LogP contribution in [0.3, 0.4) is 0 Å². The number of piperazine rings is 1. The molecule has 3 aliphatic rings. The molecule has 1 N–H and O–H groups in total. The number of carbonyl (C=O) groups is 2. The van der Waals surface area contributed by atoms with E-state index in [2.05, 4.69) is 14.8 Å². The summed E-state index contributed by atoms with van der Waals surface area (Å²) in [5, 5.41) is 15.8. The van der Waals surface area contributed by atoms with Crippen LogP contribution in [0.1, 0.15) is 22.9 Å². The summed E-state index contributed by atoms with van der Waals surface area (Å²) in [5.41, 5.74) is 3.57. The van der Waals surface area contributed by atoms with Crippen LogP contribution in [-0.2, 0) is 30.6 Å². The van der Waals surface area contributed by atoms with Gasteiger partial charge in [0.15, 0.2) is 11.5 Å². The number of rotatable bonds is 10. The molecule has 5 aromatic rings. The largest absolute Gasteiger partial charge is 0.454 e. The molecule has 1 saturated heterocycles. The van der Waals surface area contributed by atoms with Crippen molar-refractivity contribution in [3.8, 4) is 17.4 Å². The third-order valence-electron chi connectivity index (χ3n) is 8.88. The van der Waals surface area contributed by atoms with E-state index in [-0.39, 0.29) is 61.3 Å². The predicted molar refractivity (Wildman–Crippen MR) is 167 cm³/mol. The molecule has 49 heavy (non-hydrogen) atoms. The van der Waals surface area contributed by atoms with E-state index in [0.29, 0.717) is 17.9 Å². The van der Waals surface area contributed by atoms with Gasteiger partial charge < -0.3 is 38.9 Å². The van der Waals surface area contributed by atoms with Crippen LogP contribution in [0.4, 0.5) is 0 Å². The molecule has 1 fully saturated rings. The van der Waals surface area contributed by atoms with Gasteiger partial charge in [-0.25, -0.2) is 8.42 Å². The highest BCUT2D eigenvalue weighted by atomic mass is 32.2. The maximum atomic E-state index is 14.0. The van der Waals surface area contributed by atoms with Crippen LogP contribution in [0.25, 0.3) is 10.9 Å². The lowest BCUT2D eigenvalue weighted by Gasteiger charge is -2.47. The Labute approximate surface area is 279 Å². The van der Waals surface area contributed by atoms with Crippen molar-refractivity contribution in [2.45, 2.75) is 28.4 Å². The van der Waals surface area contributed by atoms with Gasteiger partial charge in [0.05, 0.1) is 35.9 Å². The summed E-state index contributed by atoms with van der Waals surface area (Å²) >= 11 is 0. The van der Waals surface area contributed by atoms with Gasteiger partial charge in [-0.15, -0.1) is 0 Å². The Morgan fingerprint density at radius 1 is 0.980 bits per heavy atom. The maximum Gasteiger partial charge on any atom is 0.415 e. The second-order valence-corrected chi connectivity index (χ2v) is 13.5. The van der Waals surface area contributed by atoms with Crippen molar-refractivity contribution >= 4 is 32.6 Å². The number of carbonyl (C=O) groups excluding carboxylic acids is 2. The minimum atomic E-state index is -4.26. The van der Waals surface area contributed by atoms with E-state index >= 15 is 0 Å². The summed E-state index contributed by atoms with van der Waals surface area (Å²) in [4.78, 5) is 34.2. The fraction of sp³-hybridized carbons (Fsp3) is 0.273. The highest BCUT2D eigenvalue weighted by Crippen LogP contribution is 2.45. The highest BCUT2D eigenvalue weighted by Gasteiger charge is 2.48. The first-order valence-electron chi connectivity index (χ1n) is 15.5. The van der Waals surface area contributed by atoms with Crippen LogP contribution >= 0.6 is 0 Å². The molecule has 252 valence electrons. The maximum absolute atomic E-state index is 14.0. The topological polar surface area (TPSA) is 180 Å². The molecule has 0 radical (unpaired) electrons. The van der Waals surface area contributed by atoms with Crippen LogP contribution in [-0.4, -0.2) is 85.9 Å². The van der Waals surface area contributed by atoms with E-state index in [1.807, 2.05) is 42.5 Å². The summed E-state index contributed by atoms with van der Waals surface area (Å²) in [6, 6.07) is 19.5. The SMILES string of the molecule is O=C1[C@H]2Cc3c([nH]c4ccccc34)[C@@H](c3ccc4c(c3)OCO4)N2C(=O)CN1CCOCCOc1no[n+]([O-])c1S(=O)(=O)c1ccccc1. The number of benzene rings is 3. The lowest BCUT2D eigenvalue weighted by Crippen LogP contribution is -2.63. The third kappa shape index (κ3) is 5.28. The van der Waals surface area contributed by atoms with Gasteiger partial charge in [0.2, 0.25) is 18.6 Å². The number of fused-ring (bicyclic) bond motifs is 5. The van der Waals surface area contributed by atoms with Crippen molar-refractivity contribution in [1.29, 1.82) is 0 Å². The van der Waals surface area contributed by atoms with Gasteiger partial charge in [0.25, 0.3) is 9.84 Å². The van der Waals surface area contributed by atoms with Gasteiger partial charge in [-0.1, -0.05) is 42.5 Å². The van der Waals surface area contributed by atoms with Crippen LogP contribution < -0.4 is 19.1 Å². The van der Waals surface area contributed by atoms with E-state index in [1.54, 1.807) is 11.0 Å². The number of aromatic amines is 1. The van der Waals surface area contributed by atoms with Gasteiger partial charge in [0.1, 0.15) is 12.6 Å². The summed E-state index contributed by atoms with van der Waals surface area (Å²) < 4.78 is 52.6. The number of amides is 2. The number of para-hydroxylation sites is 1. The molecule has 2 atom stereocenters. The Morgan fingerprint density at radius 3 is 2.63 bits per heavy atom. The zero-order valence-electron chi connectivity index (χ0n) is 25.8. The Hall–Kier alpha value is -5.61. The molecule has 0 bridgehead atoms. The molecular weight excluding hydrogens is 658 g/mol. The summed E-state index contributed by atoms with van der Waals surface area (Å²) in [6.07, 6.45) is 0.349. The van der Waals surface area contributed by atoms with E-state index in [1.165, 1.54) is 29.2 Å². The lowest BCUT2D eigenvalue weighted by atomic mass is 9.86. The smallest absolute Gasteiger partial charge is 0.415 e. The first kappa shape index (κ1) is 30.7. The van der Waals surface area contributed by atoms with Gasteiger partial charge in [-0.2, -0.15) is 0 Å². The van der Waals surface area contributed by atoms with Crippen molar-refractivity contribution in [2.75, 3.05) is 39.7 Å². The standard InChI is InChI=1S/C33H29N5O10S/c39-28-18-36(12-13-44-14-15-45-31-33(38(41)48-35-31)49(42,43)21-6-2-1-3-7-21)32(40)25-17-23-22-8-4-5-9-24(22)34-29(23)30(37(25)28)20-10-11-26-27(16-20)47-19-46-26/h1-11,16,25,30,34H,12-15,17-19H2/t25-,30-/m1/s1. The van der Waals surface area contributed by atoms with Crippen molar-refractivity contribution in [3.63, 3.8) is 0 Å². The number of nitrogens with one attached hydrogen (secondary N) is 1. The summed E-state index contributed by atoms with van der Waals surface area (Å²) in [5.74, 6) is 0.313. The fourth-order valence-electron chi connectivity index (χ4n) is 6.66. The molecule has 3 aliphatic heterocycles. The quantitative estimate of drug-likeness (QED) is 0.168. The molecule has 2 amide bonds. The van der Waals surface area contributed by atoms with Crippen molar-refractivity contribution in [3.05, 3.63) is 94.8 Å². The van der Waals surface area contributed by atoms with E-state index in [0.717, 1.165) is 27.7 Å². The molecule has 2 aromatic heterocycles. The number of ether oxygens (including phenoxy) is 4. The van der Waals surface area contributed by atoms with E-state index < -0.39 is 32.8 Å². The molecule has 15 nitrogen and oxygen atoms in total. The second-order valence-electron chi connectivity index (χ2n) is 11.7. The van der Waals surface area contributed by atoms with Crippen molar-refractivity contribution < 1.29 is 46.5 Å². The first-order valence-corrected chi connectivity index (χ1v) is 17.0. The Bertz CT molecular complexity index is 2180. The van der Waals surface area contributed by atoms with Crippen LogP contribution in [0, 0.1) is 5.21 Å². The lowest BCUT2D eigenvalue weighted by molar-refractivity contribution is -0.832. The van der Waals surface area contributed by atoms with Crippen LogP contribution in [0.2, 0.25) is 0 Å². The normalized spacial score (nSPS) is 18.5. The Balaban J connectivity index is 0.945. The average molecular weight is 688 g/mol. The van der Waals surface area contributed by atoms with Gasteiger partial charge in [-0.05, 0) is 46.4 Å². The summed E-state index contributed by atoms with van der Waals surface area (Å²) in [7, 11) is -4.26. The fourth-order valence-corrected chi connectivity index (χ4v) is 7.95. The number of sulfone groups is 1. The zero-order valence-corrected chi connectivity index (χ0v) is 26.6. The van der Waals surface area contributed by atoms with Crippen molar-refractivity contribution in [2.24, 2.45) is 0 Å². The molecule has 0 aliphatic carbocycles. The monoisotopic (exact) mass is 687 g/mol. The molecule has 5 heterocycles. The predicted octanol–water partition coefficient (Wildman–Crippen LogP) is 2.13. The van der Waals surface area contributed by atoms with E-state index in [4.69, 9.17) is 18.9 Å². The summed E-state index contributed by atoms with van der Waals surface area (Å²) in [6.45, 7) is 0.0260. The second kappa shape index (κ2) is 12.1. The zero-order chi connectivity index (χ0) is 33.7. The van der Waals surface area contributed by atoms with Crippen LogP contribution in [0.5, 0.6) is 17.4 Å². The molecule has 0 unspecified atom stereocenters. The Morgan fingerprint density at radius 2 is 1.78 bits per heavy atom. The number of nitrogens with zero attached hydrogens (tertiary/aromatic N) is 4. The third-order valence-corrected chi connectivity index (χ3v) is 10.6. The van der Waals surface area contributed by atoms with Gasteiger partial charge >= 0.3 is 10.9 Å². The van der Waals surface area contributed by atoms with Crippen molar-refractivity contribution in [1.82, 2.24) is 19.9 Å². The average Bonchev–Trinajstić information content (AvgIpc) is 3.84. The molecular formula is C33H29N5O10S.